The second kappa shape index (κ2) is 8.05. The zero-order valence-corrected chi connectivity index (χ0v) is 17.0. The number of benzene rings is 2. The highest BCUT2D eigenvalue weighted by molar-refractivity contribution is 9.10. The molecule has 0 bridgehead atoms. The summed E-state index contributed by atoms with van der Waals surface area (Å²) in [7, 11) is 1.33. The summed E-state index contributed by atoms with van der Waals surface area (Å²) < 4.78 is 26.1. The number of carbonyl (C=O) groups excluding carboxylic acids is 1. The van der Waals surface area contributed by atoms with E-state index in [0.717, 1.165) is 0 Å². The van der Waals surface area contributed by atoms with E-state index in [9.17, 15) is 9.59 Å². The molecular weight excluding hydrogens is 492 g/mol. The van der Waals surface area contributed by atoms with Gasteiger partial charge in [-0.3, -0.25) is 0 Å². The van der Waals surface area contributed by atoms with E-state index in [4.69, 9.17) is 24.1 Å². The topological polar surface area (TPSA) is 101 Å². The van der Waals surface area contributed by atoms with Crippen LogP contribution in [0.3, 0.4) is 0 Å². The number of fused-ring (bicyclic) bond motifs is 2. The van der Waals surface area contributed by atoms with Crippen molar-refractivity contribution < 1.29 is 38.4 Å². The molecule has 0 saturated heterocycles. The van der Waals surface area contributed by atoms with E-state index >= 15 is 0 Å². The van der Waals surface area contributed by atoms with Crippen molar-refractivity contribution in [2.24, 2.45) is 0 Å². The van der Waals surface area contributed by atoms with Crippen LogP contribution in [0, 0.1) is 0 Å². The van der Waals surface area contributed by atoms with Crippen LogP contribution in [-0.2, 0) is 4.74 Å². The first kappa shape index (κ1) is 19.3. The van der Waals surface area contributed by atoms with Gasteiger partial charge in [-0.25, -0.2) is 9.59 Å². The van der Waals surface area contributed by atoms with Gasteiger partial charge in [-0.1, -0.05) is 0 Å². The summed E-state index contributed by atoms with van der Waals surface area (Å²) in [5.41, 5.74) is 0.598. The maximum Gasteiger partial charge on any atom is 0.339 e. The Morgan fingerprint density at radius 2 is 1.26 bits per heavy atom. The molecular formula is C17H12Br2O8. The number of carboxylic acid groups (broad SMARTS) is 1. The third kappa shape index (κ3) is 4.11. The van der Waals surface area contributed by atoms with Crippen molar-refractivity contribution in [1.29, 1.82) is 0 Å². The van der Waals surface area contributed by atoms with Gasteiger partial charge in [-0.2, -0.15) is 0 Å². The Morgan fingerprint density at radius 1 is 0.852 bits per heavy atom. The molecule has 0 aromatic heterocycles. The minimum Gasteiger partial charge on any atom is -0.478 e. The van der Waals surface area contributed by atoms with Gasteiger partial charge < -0.3 is 28.8 Å². The number of carbonyl (C=O) groups is 2. The molecule has 8 nitrogen and oxygen atoms in total. The highest BCUT2D eigenvalue weighted by Crippen LogP contribution is 2.37. The predicted molar refractivity (Wildman–Crippen MR) is 98.8 cm³/mol. The number of halogens is 2. The number of methoxy groups -OCH3 is 1. The first-order valence-electron chi connectivity index (χ1n) is 7.40. The van der Waals surface area contributed by atoms with E-state index in [-0.39, 0.29) is 19.1 Å². The lowest BCUT2D eigenvalue weighted by atomic mass is 10.2. The van der Waals surface area contributed by atoms with Crippen molar-refractivity contribution >= 4 is 43.8 Å². The van der Waals surface area contributed by atoms with Crippen LogP contribution >= 0.6 is 31.9 Å². The van der Waals surface area contributed by atoms with Gasteiger partial charge in [-0.15, -0.1) is 0 Å². The van der Waals surface area contributed by atoms with Gasteiger partial charge in [0.2, 0.25) is 13.6 Å². The van der Waals surface area contributed by atoms with E-state index in [1.165, 1.54) is 13.2 Å². The van der Waals surface area contributed by atoms with Crippen molar-refractivity contribution in [2.45, 2.75) is 0 Å². The summed E-state index contributed by atoms with van der Waals surface area (Å²) in [6, 6.07) is 6.31. The average molecular weight is 504 g/mol. The Kier molecular flexibility index (Phi) is 5.76. The van der Waals surface area contributed by atoms with Gasteiger partial charge >= 0.3 is 11.9 Å². The average Bonchev–Trinajstić information content (AvgIpc) is 3.28. The molecule has 2 aromatic rings. The van der Waals surface area contributed by atoms with Gasteiger partial charge in [0.1, 0.15) is 0 Å². The van der Waals surface area contributed by atoms with Crippen LogP contribution < -0.4 is 18.9 Å². The summed E-state index contributed by atoms with van der Waals surface area (Å²) in [6.45, 7) is 0.331. The van der Waals surface area contributed by atoms with Crippen molar-refractivity contribution in [3.63, 3.8) is 0 Å². The highest BCUT2D eigenvalue weighted by Gasteiger charge is 2.20. The maximum atomic E-state index is 11.3. The molecule has 27 heavy (non-hydrogen) atoms. The Labute approximate surface area is 170 Å². The summed E-state index contributed by atoms with van der Waals surface area (Å²) >= 11 is 6.39. The van der Waals surface area contributed by atoms with Crippen LogP contribution in [0.25, 0.3) is 0 Å². The van der Waals surface area contributed by atoms with Gasteiger partial charge in [0.15, 0.2) is 23.0 Å². The molecule has 0 radical (unpaired) electrons. The largest absolute Gasteiger partial charge is 0.478 e. The molecule has 0 unspecified atom stereocenters. The molecule has 0 amide bonds. The lowest BCUT2D eigenvalue weighted by Crippen LogP contribution is -2.02. The Bertz CT molecular complexity index is 912. The maximum absolute atomic E-state index is 11.3. The number of hydrogen-bond acceptors (Lipinski definition) is 7. The number of ether oxygens (including phenoxy) is 5. The van der Waals surface area contributed by atoms with Crippen molar-refractivity contribution in [2.75, 3.05) is 20.7 Å². The van der Waals surface area contributed by atoms with E-state index in [1.807, 2.05) is 0 Å². The van der Waals surface area contributed by atoms with E-state index in [1.54, 1.807) is 18.2 Å². The third-order valence-corrected chi connectivity index (χ3v) is 4.87. The molecule has 1 N–H and O–H groups in total. The van der Waals surface area contributed by atoms with E-state index < -0.39 is 11.9 Å². The second-order valence-corrected chi connectivity index (χ2v) is 6.88. The molecule has 0 atom stereocenters. The van der Waals surface area contributed by atoms with Crippen LogP contribution in [0.1, 0.15) is 20.7 Å². The quantitative estimate of drug-likeness (QED) is 0.617. The first-order valence-corrected chi connectivity index (χ1v) is 8.99. The van der Waals surface area contributed by atoms with Crippen molar-refractivity contribution in [1.82, 2.24) is 0 Å². The van der Waals surface area contributed by atoms with Crippen LogP contribution in [0.4, 0.5) is 0 Å². The molecule has 10 heteroatoms. The molecule has 2 aliphatic rings. The number of hydrogen-bond donors (Lipinski definition) is 1. The fourth-order valence-electron chi connectivity index (χ4n) is 2.26. The zero-order chi connectivity index (χ0) is 19.6. The van der Waals surface area contributed by atoms with Crippen LogP contribution in [0.5, 0.6) is 23.0 Å². The van der Waals surface area contributed by atoms with Crippen LogP contribution in [-0.4, -0.2) is 37.7 Å². The number of esters is 1. The molecule has 0 aliphatic carbocycles. The monoisotopic (exact) mass is 502 g/mol. The Morgan fingerprint density at radius 3 is 1.70 bits per heavy atom. The predicted octanol–water partition coefficient (Wildman–Crippen LogP) is 3.84. The lowest BCUT2D eigenvalue weighted by molar-refractivity contribution is 0.0598. The molecule has 142 valence electrons. The molecule has 0 fully saturated rings. The van der Waals surface area contributed by atoms with Gasteiger partial charge in [0.25, 0.3) is 0 Å². The van der Waals surface area contributed by atoms with Crippen molar-refractivity contribution in [3.8, 4) is 23.0 Å². The summed E-state index contributed by atoms with van der Waals surface area (Å²) in [5, 5.41) is 8.77. The minimum absolute atomic E-state index is 0.144. The number of aromatic carboxylic acids is 1. The molecule has 0 saturated carbocycles. The van der Waals surface area contributed by atoms with Gasteiger partial charge in [-0.05, 0) is 56.1 Å². The first-order chi connectivity index (χ1) is 12.9. The summed E-state index contributed by atoms with van der Waals surface area (Å²) in [4.78, 5) is 22.0. The lowest BCUT2D eigenvalue weighted by Gasteiger charge is -2.03. The molecule has 2 heterocycles. The Balaban J connectivity index is 0.000000156. The van der Waals surface area contributed by atoms with Crippen LogP contribution in [0.15, 0.2) is 33.2 Å². The van der Waals surface area contributed by atoms with Gasteiger partial charge in [0, 0.05) is 8.95 Å². The molecule has 4 rings (SSSR count). The third-order valence-electron chi connectivity index (χ3n) is 3.56. The number of rotatable bonds is 2. The van der Waals surface area contributed by atoms with Crippen LogP contribution in [0.2, 0.25) is 0 Å². The zero-order valence-electron chi connectivity index (χ0n) is 13.8. The second-order valence-electron chi connectivity index (χ2n) is 5.17. The number of carboxylic acids is 1. The SMILES string of the molecule is COC(=O)c1cc2c(cc1Br)OCO2.O=C(O)c1cc2c(cc1Br)OCO2. The summed E-state index contributed by atoms with van der Waals surface area (Å²) in [6.07, 6.45) is 0. The molecule has 0 spiro atoms. The Hall–Kier alpha value is -2.46. The fourth-order valence-corrected chi connectivity index (χ4v) is 3.24. The normalized spacial score (nSPS) is 12.9. The molecule has 2 aromatic carbocycles. The van der Waals surface area contributed by atoms with Crippen molar-refractivity contribution in [3.05, 3.63) is 44.3 Å². The van der Waals surface area contributed by atoms with Gasteiger partial charge in [0.05, 0.1) is 18.2 Å². The summed E-state index contributed by atoms with van der Waals surface area (Å²) in [5.74, 6) is 0.830. The standard InChI is InChI=1S/C9H7BrO4.C8H5BrO4/c1-12-9(11)5-2-7-8(3-6(5)10)14-4-13-7;9-5-2-7-6(12-3-13-7)1-4(5)8(10)11/h2-3H,4H2,1H3;1-2H,3H2,(H,10,11). The fraction of sp³-hybridized carbons (Fsp3) is 0.176. The van der Waals surface area contributed by atoms with E-state index in [0.29, 0.717) is 37.5 Å². The smallest absolute Gasteiger partial charge is 0.339 e. The molecule has 2 aliphatic heterocycles. The van der Waals surface area contributed by atoms with E-state index in [2.05, 4.69) is 36.6 Å². The minimum atomic E-state index is -0.995. The highest BCUT2D eigenvalue weighted by atomic mass is 79.9.